The molecule has 0 fully saturated rings. The van der Waals surface area contributed by atoms with Crippen LogP contribution in [0.5, 0.6) is 0 Å². The highest BCUT2D eigenvalue weighted by Gasteiger charge is 2.20. The maximum atomic E-state index is 13.4. The Morgan fingerprint density at radius 1 is 1.22 bits per heavy atom. The van der Waals surface area contributed by atoms with Crippen LogP contribution in [0.3, 0.4) is 0 Å². The van der Waals surface area contributed by atoms with E-state index in [-0.39, 0.29) is 23.6 Å². The van der Waals surface area contributed by atoms with Crippen LogP contribution in [0, 0.1) is 11.3 Å². The molecule has 2 amide bonds. The number of halogens is 1. The molecule has 4 aromatic rings. The minimum absolute atomic E-state index is 0.0151. The summed E-state index contributed by atoms with van der Waals surface area (Å²) in [5.74, 6) is -0.334. The highest BCUT2D eigenvalue weighted by atomic mass is 35.5. The zero-order valence-electron chi connectivity index (χ0n) is 17.1. The van der Waals surface area contributed by atoms with Crippen molar-refractivity contribution < 1.29 is 9.59 Å². The standard InChI is InChI=1S/C23H18ClN5O2S/c1-15(30)26-18-3-5-19(6-4-18)28(12-17-8-9-32-14-17)22(31)13-29-21-7-2-16(11-25)10-20(21)27-23(29)24/h2-10,14H,12-13H2,1H3,(H,26,30). The molecule has 0 radical (unpaired) electrons. The number of carbonyl (C=O) groups is 2. The zero-order chi connectivity index (χ0) is 22.7. The van der Waals surface area contributed by atoms with E-state index in [9.17, 15) is 9.59 Å². The van der Waals surface area contributed by atoms with Crippen LogP contribution in [0.25, 0.3) is 11.0 Å². The van der Waals surface area contributed by atoms with Crippen molar-refractivity contribution in [3.8, 4) is 6.07 Å². The maximum Gasteiger partial charge on any atom is 0.247 e. The average Bonchev–Trinajstić information content (AvgIpc) is 3.39. The molecule has 4 rings (SSSR count). The quantitative estimate of drug-likeness (QED) is 0.444. The topological polar surface area (TPSA) is 91.0 Å². The molecule has 32 heavy (non-hydrogen) atoms. The third-order valence-corrected chi connectivity index (χ3v) is 5.87. The lowest BCUT2D eigenvalue weighted by Gasteiger charge is -2.23. The Bertz CT molecular complexity index is 1320. The van der Waals surface area contributed by atoms with E-state index in [1.165, 1.54) is 6.92 Å². The van der Waals surface area contributed by atoms with E-state index in [1.807, 2.05) is 16.8 Å². The van der Waals surface area contributed by atoms with Crippen molar-refractivity contribution in [2.45, 2.75) is 20.0 Å². The number of amides is 2. The lowest BCUT2D eigenvalue weighted by molar-refractivity contribution is -0.119. The first-order chi connectivity index (χ1) is 15.4. The van der Waals surface area contributed by atoms with Crippen molar-refractivity contribution in [2.75, 3.05) is 10.2 Å². The summed E-state index contributed by atoms with van der Waals surface area (Å²) in [4.78, 5) is 30.7. The summed E-state index contributed by atoms with van der Waals surface area (Å²) in [6.45, 7) is 1.82. The molecule has 2 aromatic carbocycles. The Morgan fingerprint density at radius 2 is 2.00 bits per heavy atom. The lowest BCUT2D eigenvalue weighted by Crippen LogP contribution is -2.33. The van der Waals surface area contributed by atoms with Gasteiger partial charge >= 0.3 is 0 Å². The number of thiophene rings is 1. The highest BCUT2D eigenvalue weighted by Crippen LogP contribution is 2.25. The number of hydrogen-bond donors (Lipinski definition) is 1. The number of nitriles is 1. The molecule has 9 heteroatoms. The maximum absolute atomic E-state index is 13.4. The number of rotatable bonds is 6. The second-order valence-electron chi connectivity index (χ2n) is 7.12. The molecule has 0 saturated carbocycles. The molecule has 1 N–H and O–H groups in total. The summed E-state index contributed by atoms with van der Waals surface area (Å²) >= 11 is 7.89. The number of hydrogen-bond acceptors (Lipinski definition) is 5. The van der Waals surface area contributed by atoms with E-state index < -0.39 is 0 Å². The van der Waals surface area contributed by atoms with Crippen molar-refractivity contribution in [2.24, 2.45) is 0 Å². The third-order valence-electron chi connectivity index (χ3n) is 4.85. The number of anilines is 2. The molecule has 0 bridgehead atoms. The van der Waals surface area contributed by atoms with Gasteiger partial charge in [-0.15, -0.1) is 0 Å². The van der Waals surface area contributed by atoms with Gasteiger partial charge in [-0.05, 0) is 76.5 Å². The molecule has 2 heterocycles. The second-order valence-corrected chi connectivity index (χ2v) is 8.24. The molecular formula is C23H18ClN5O2S. The summed E-state index contributed by atoms with van der Waals surface area (Å²) < 4.78 is 1.63. The summed E-state index contributed by atoms with van der Waals surface area (Å²) in [5, 5.41) is 16.0. The number of benzene rings is 2. The van der Waals surface area contributed by atoms with Crippen LogP contribution < -0.4 is 10.2 Å². The Labute approximate surface area is 193 Å². The van der Waals surface area contributed by atoms with E-state index >= 15 is 0 Å². The van der Waals surface area contributed by atoms with Crippen LogP contribution in [-0.2, 0) is 22.7 Å². The predicted octanol–water partition coefficient (Wildman–Crippen LogP) is 4.81. The van der Waals surface area contributed by atoms with Crippen molar-refractivity contribution in [3.05, 3.63) is 75.7 Å². The Hall–Kier alpha value is -3.67. The number of imidazole rings is 1. The molecule has 0 aliphatic carbocycles. The zero-order valence-corrected chi connectivity index (χ0v) is 18.7. The molecule has 0 aliphatic heterocycles. The number of nitrogens with zero attached hydrogens (tertiary/aromatic N) is 4. The fraction of sp³-hybridized carbons (Fsp3) is 0.130. The van der Waals surface area contributed by atoms with Crippen LogP contribution in [-0.4, -0.2) is 21.4 Å². The van der Waals surface area contributed by atoms with Gasteiger partial charge < -0.3 is 14.8 Å². The minimum atomic E-state index is -0.172. The van der Waals surface area contributed by atoms with E-state index in [0.29, 0.717) is 34.5 Å². The van der Waals surface area contributed by atoms with E-state index in [4.69, 9.17) is 16.9 Å². The largest absolute Gasteiger partial charge is 0.326 e. The smallest absolute Gasteiger partial charge is 0.247 e. The molecule has 0 aliphatic rings. The monoisotopic (exact) mass is 463 g/mol. The third kappa shape index (κ3) is 4.64. The first-order valence-electron chi connectivity index (χ1n) is 9.69. The Morgan fingerprint density at radius 3 is 2.66 bits per heavy atom. The number of fused-ring (bicyclic) bond motifs is 1. The van der Waals surface area contributed by atoms with Gasteiger partial charge in [0.05, 0.1) is 29.2 Å². The van der Waals surface area contributed by atoms with Crippen molar-refractivity contribution in [1.82, 2.24) is 9.55 Å². The van der Waals surface area contributed by atoms with Crippen LogP contribution in [0.1, 0.15) is 18.1 Å². The Balaban J connectivity index is 1.65. The summed E-state index contributed by atoms with van der Waals surface area (Å²) in [7, 11) is 0. The van der Waals surface area contributed by atoms with Gasteiger partial charge in [-0.3, -0.25) is 9.59 Å². The van der Waals surface area contributed by atoms with E-state index in [2.05, 4.69) is 16.4 Å². The van der Waals surface area contributed by atoms with Gasteiger partial charge in [-0.2, -0.15) is 16.6 Å². The van der Waals surface area contributed by atoms with Crippen LogP contribution >= 0.6 is 22.9 Å². The number of nitrogens with one attached hydrogen (secondary N) is 1. The van der Waals surface area contributed by atoms with Crippen molar-refractivity contribution >= 4 is 57.2 Å². The molecule has 0 unspecified atom stereocenters. The number of aromatic nitrogens is 2. The van der Waals surface area contributed by atoms with Gasteiger partial charge in [0.15, 0.2) is 0 Å². The highest BCUT2D eigenvalue weighted by molar-refractivity contribution is 7.07. The molecular weight excluding hydrogens is 446 g/mol. The molecule has 2 aromatic heterocycles. The van der Waals surface area contributed by atoms with Gasteiger partial charge in [0.25, 0.3) is 0 Å². The molecule has 0 spiro atoms. The lowest BCUT2D eigenvalue weighted by atomic mass is 10.2. The van der Waals surface area contributed by atoms with Crippen LogP contribution in [0.2, 0.25) is 5.28 Å². The predicted molar refractivity (Wildman–Crippen MR) is 126 cm³/mol. The van der Waals surface area contributed by atoms with E-state index in [1.54, 1.807) is 63.3 Å². The van der Waals surface area contributed by atoms with Crippen molar-refractivity contribution in [3.63, 3.8) is 0 Å². The van der Waals surface area contributed by atoms with Crippen LogP contribution in [0.4, 0.5) is 11.4 Å². The average molecular weight is 464 g/mol. The van der Waals surface area contributed by atoms with Crippen molar-refractivity contribution in [1.29, 1.82) is 5.26 Å². The van der Waals surface area contributed by atoms with Gasteiger partial charge in [0, 0.05) is 18.3 Å². The fourth-order valence-electron chi connectivity index (χ4n) is 3.36. The van der Waals surface area contributed by atoms with Gasteiger partial charge in [-0.1, -0.05) is 0 Å². The second kappa shape index (κ2) is 9.22. The Kier molecular flexibility index (Phi) is 6.21. The molecule has 160 valence electrons. The van der Waals surface area contributed by atoms with Gasteiger partial charge in [0.2, 0.25) is 17.1 Å². The first-order valence-corrected chi connectivity index (χ1v) is 11.0. The minimum Gasteiger partial charge on any atom is -0.326 e. The fourth-order valence-corrected chi connectivity index (χ4v) is 4.26. The molecule has 7 nitrogen and oxygen atoms in total. The normalized spacial score (nSPS) is 10.7. The SMILES string of the molecule is CC(=O)Nc1ccc(N(Cc2ccsc2)C(=O)Cn2c(Cl)nc3cc(C#N)ccc32)cc1. The van der Waals surface area contributed by atoms with E-state index in [0.717, 1.165) is 5.56 Å². The first kappa shape index (κ1) is 21.6. The molecule has 0 atom stereocenters. The summed E-state index contributed by atoms with van der Waals surface area (Å²) in [5.41, 5.74) is 4.08. The summed E-state index contributed by atoms with van der Waals surface area (Å²) in [6.07, 6.45) is 0. The summed E-state index contributed by atoms with van der Waals surface area (Å²) in [6, 6.07) is 16.2. The van der Waals surface area contributed by atoms with Crippen LogP contribution in [0.15, 0.2) is 59.3 Å². The number of carbonyl (C=O) groups excluding carboxylic acids is 2. The molecule has 0 saturated heterocycles. The van der Waals surface area contributed by atoms with Gasteiger partial charge in [0.1, 0.15) is 6.54 Å². The van der Waals surface area contributed by atoms with Gasteiger partial charge in [-0.25, -0.2) is 4.98 Å².